The molecule has 0 bridgehead atoms. The molecule has 0 radical (unpaired) electrons. The Labute approximate surface area is 237 Å². The molecular formula is C31H31ClN4O4. The highest BCUT2D eigenvalue weighted by atomic mass is 35.5. The Hall–Kier alpha value is -4.30. The van der Waals surface area contributed by atoms with Crippen molar-refractivity contribution in [3.05, 3.63) is 94.6 Å². The number of anilines is 1. The number of aromatic nitrogens is 2. The monoisotopic (exact) mass is 558 g/mol. The number of phenolic OH excluding ortho intramolecular Hbond substituents is 1. The zero-order valence-corrected chi connectivity index (χ0v) is 22.9. The van der Waals surface area contributed by atoms with Crippen LogP contribution in [0.5, 0.6) is 11.5 Å². The molecule has 0 spiro atoms. The molecule has 1 aliphatic carbocycles. The number of nitrogens with one attached hydrogen (secondary N) is 2. The van der Waals surface area contributed by atoms with Crippen LogP contribution in [0.1, 0.15) is 60.1 Å². The molecule has 0 unspecified atom stereocenters. The van der Waals surface area contributed by atoms with Crippen LogP contribution in [0.15, 0.2) is 72.8 Å². The highest BCUT2D eigenvalue weighted by Gasteiger charge is 2.26. The molecule has 1 fully saturated rings. The van der Waals surface area contributed by atoms with Crippen molar-refractivity contribution < 1.29 is 19.4 Å². The minimum absolute atomic E-state index is 0.00170. The second-order valence-corrected chi connectivity index (χ2v) is 10.1. The molecule has 9 heteroatoms. The minimum atomic E-state index is -0.368. The molecule has 2 amide bonds. The van der Waals surface area contributed by atoms with Gasteiger partial charge in [0.2, 0.25) is 0 Å². The summed E-state index contributed by atoms with van der Waals surface area (Å²) >= 11 is 6.26. The van der Waals surface area contributed by atoms with E-state index in [1.54, 1.807) is 42.5 Å². The topological polar surface area (TPSA) is 105 Å². The molecule has 1 aromatic heterocycles. The second-order valence-electron chi connectivity index (χ2n) is 9.74. The smallest absolute Gasteiger partial charge is 0.342 e. The molecule has 4 aromatic rings. The molecular weight excluding hydrogens is 528 g/mol. The van der Waals surface area contributed by atoms with Gasteiger partial charge >= 0.3 is 6.03 Å². The van der Waals surface area contributed by atoms with Gasteiger partial charge in [-0.3, -0.25) is 4.79 Å². The number of phenols is 1. The normalized spacial score (nSPS) is 13.2. The Balaban J connectivity index is 1.39. The van der Waals surface area contributed by atoms with E-state index in [1.165, 1.54) is 10.7 Å². The van der Waals surface area contributed by atoms with Crippen LogP contribution in [-0.2, 0) is 6.54 Å². The number of carbonyl (C=O) groups is 2. The van der Waals surface area contributed by atoms with Crippen molar-refractivity contribution in [3.63, 3.8) is 0 Å². The van der Waals surface area contributed by atoms with E-state index < -0.39 is 0 Å². The number of rotatable bonds is 8. The van der Waals surface area contributed by atoms with Gasteiger partial charge in [0.25, 0.3) is 5.91 Å². The molecule has 3 aromatic carbocycles. The maximum Gasteiger partial charge on any atom is 0.342 e. The third-order valence-corrected chi connectivity index (χ3v) is 7.42. The number of nitrogens with zero attached hydrogens (tertiary/aromatic N) is 2. The van der Waals surface area contributed by atoms with E-state index in [-0.39, 0.29) is 30.2 Å². The quantitative estimate of drug-likeness (QED) is 0.202. The molecule has 0 saturated heterocycles. The Morgan fingerprint density at radius 2 is 1.80 bits per heavy atom. The molecule has 1 saturated carbocycles. The number of amides is 2. The van der Waals surface area contributed by atoms with Crippen molar-refractivity contribution in [1.29, 1.82) is 0 Å². The number of hydrogen-bond acceptors (Lipinski definition) is 5. The number of benzene rings is 3. The first kappa shape index (κ1) is 27.3. The zero-order valence-electron chi connectivity index (χ0n) is 22.2. The highest BCUT2D eigenvalue weighted by Crippen LogP contribution is 2.38. The van der Waals surface area contributed by atoms with Gasteiger partial charge in [0.15, 0.2) is 0 Å². The standard InChI is InChI=1S/C31H31ClN4O4/c1-2-40-24-14-11-21(12-15-24)30(38)34-23-13-16-29(37)25(17-23)27-18-28(20-7-3-4-8-20)36(35-27)31(39)33-19-22-9-5-6-10-26(22)32/h5-6,9-18,20,37H,2-4,7-8,19H2,1H3,(H,33,39)(H,34,38). The van der Waals surface area contributed by atoms with Gasteiger partial charge in [0.05, 0.1) is 18.0 Å². The van der Waals surface area contributed by atoms with Crippen LogP contribution in [0.2, 0.25) is 5.02 Å². The van der Waals surface area contributed by atoms with Gasteiger partial charge in [-0.05, 0) is 79.9 Å². The molecule has 206 valence electrons. The van der Waals surface area contributed by atoms with Crippen LogP contribution >= 0.6 is 11.6 Å². The number of hydrogen-bond donors (Lipinski definition) is 3. The molecule has 40 heavy (non-hydrogen) atoms. The molecule has 0 atom stereocenters. The third kappa shape index (κ3) is 6.13. The van der Waals surface area contributed by atoms with E-state index in [1.807, 2.05) is 31.2 Å². The summed E-state index contributed by atoms with van der Waals surface area (Å²) in [6.07, 6.45) is 4.11. The van der Waals surface area contributed by atoms with Crippen molar-refractivity contribution in [1.82, 2.24) is 15.1 Å². The summed E-state index contributed by atoms with van der Waals surface area (Å²) in [6.45, 7) is 2.70. The second kappa shape index (κ2) is 12.3. The molecule has 8 nitrogen and oxygen atoms in total. The van der Waals surface area contributed by atoms with Gasteiger partial charge < -0.3 is 20.5 Å². The van der Waals surface area contributed by atoms with Crippen LogP contribution in [-0.4, -0.2) is 33.4 Å². The van der Waals surface area contributed by atoms with E-state index >= 15 is 0 Å². The Morgan fingerprint density at radius 3 is 2.52 bits per heavy atom. The largest absolute Gasteiger partial charge is 0.507 e. The van der Waals surface area contributed by atoms with Gasteiger partial charge in [-0.1, -0.05) is 42.6 Å². The Bertz CT molecular complexity index is 1510. The number of aromatic hydroxyl groups is 1. The first-order valence-corrected chi connectivity index (χ1v) is 13.8. The first-order chi connectivity index (χ1) is 19.4. The van der Waals surface area contributed by atoms with Crippen LogP contribution < -0.4 is 15.4 Å². The van der Waals surface area contributed by atoms with Crippen molar-refractivity contribution in [2.75, 3.05) is 11.9 Å². The zero-order chi connectivity index (χ0) is 28.1. The van der Waals surface area contributed by atoms with Crippen molar-refractivity contribution in [3.8, 4) is 22.8 Å². The fourth-order valence-electron chi connectivity index (χ4n) is 4.98. The average Bonchev–Trinajstić information content (AvgIpc) is 3.65. The van der Waals surface area contributed by atoms with Crippen molar-refractivity contribution in [2.24, 2.45) is 0 Å². The number of ether oxygens (including phenoxy) is 1. The SMILES string of the molecule is CCOc1ccc(C(=O)Nc2ccc(O)c(-c3cc(C4CCCC4)n(C(=O)NCc4ccccc4Cl)n3)c2)cc1. The minimum Gasteiger partial charge on any atom is -0.507 e. The average molecular weight is 559 g/mol. The summed E-state index contributed by atoms with van der Waals surface area (Å²) in [5.74, 6) is 0.585. The van der Waals surface area contributed by atoms with E-state index in [9.17, 15) is 14.7 Å². The predicted octanol–water partition coefficient (Wildman–Crippen LogP) is 6.98. The fourth-order valence-corrected chi connectivity index (χ4v) is 5.18. The summed E-state index contributed by atoms with van der Waals surface area (Å²) in [7, 11) is 0. The lowest BCUT2D eigenvalue weighted by Crippen LogP contribution is -2.30. The van der Waals surface area contributed by atoms with Crippen LogP contribution in [0, 0.1) is 0 Å². The van der Waals surface area contributed by atoms with E-state index in [0.717, 1.165) is 36.9 Å². The lowest BCUT2D eigenvalue weighted by molar-refractivity contribution is 0.102. The maximum atomic E-state index is 13.3. The van der Waals surface area contributed by atoms with E-state index in [4.69, 9.17) is 16.3 Å². The Kier molecular flexibility index (Phi) is 8.36. The number of halogens is 1. The van der Waals surface area contributed by atoms with E-state index in [2.05, 4.69) is 15.7 Å². The first-order valence-electron chi connectivity index (χ1n) is 13.4. The summed E-state index contributed by atoms with van der Waals surface area (Å²) in [6, 6.07) is 20.5. The van der Waals surface area contributed by atoms with Gasteiger partial charge in [-0.15, -0.1) is 0 Å². The van der Waals surface area contributed by atoms with Gasteiger partial charge in [0.1, 0.15) is 11.5 Å². The molecule has 1 aliphatic rings. The fraction of sp³-hybridized carbons (Fsp3) is 0.258. The summed E-state index contributed by atoms with van der Waals surface area (Å²) in [5.41, 5.74) is 3.44. The van der Waals surface area contributed by atoms with Crippen molar-refractivity contribution in [2.45, 2.75) is 45.1 Å². The Morgan fingerprint density at radius 1 is 1.05 bits per heavy atom. The predicted molar refractivity (Wildman–Crippen MR) is 155 cm³/mol. The highest BCUT2D eigenvalue weighted by molar-refractivity contribution is 6.31. The third-order valence-electron chi connectivity index (χ3n) is 7.05. The lowest BCUT2D eigenvalue weighted by Gasteiger charge is -2.12. The van der Waals surface area contributed by atoms with Gasteiger partial charge in [-0.2, -0.15) is 9.78 Å². The summed E-state index contributed by atoms with van der Waals surface area (Å²) in [5, 5.41) is 21.7. The summed E-state index contributed by atoms with van der Waals surface area (Å²) < 4.78 is 6.84. The summed E-state index contributed by atoms with van der Waals surface area (Å²) in [4.78, 5) is 26.1. The van der Waals surface area contributed by atoms with E-state index in [0.29, 0.717) is 39.9 Å². The van der Waals surface area contributed by atoms with Crippen LogP contribution in [0.4, 0.5) is 10.5 Å². The molecule has 3 N–H and O–H groups in total. The molecule has 0 aliphatic heterocycles. The molecule has 1 heterocycles. The maximum absolute atomic E-state index is 13.3. The van der Waals surface area contributed by atoms with Crippen LogP contribution in [0.3, 0.4) is 0 Å². The number of carbonyl (C=O) groups excluding carboxylic acids is 2. The molecule has 5 rings (SSSR count). The van der Waals surface area contributed by atoms with Gasteiger partial charge in [-0.25, -0.2) is 4.79 Å². The van der Waals surface area contributed by atoms with Crippen molar-refractivity contribution >= 4 is 29.2 Å². The van der Waals surface area contributed by atoms with Crippen LogP contribution in [0.25, 0.3) is 11.3 Å². The lowest BCUT2D eigenvalue weighted by atomic mass is 10.0. The van der Waals surface area contributed by atoms with Gasteiger partial charge in [0, 0.05) is 34.3 Å².